The third-order valence-electron chi connectivity index (χ3n) is 2.96. The van der Waals surface area contributed by atoms with Crippen molar-refractivity contribution in [2.75, 3.05) is 25.0 Å². The molecule has 0 aliphatic carbocycles. The van der Waals surface area contributed by atoms with Crippen molar-refractivity contribution in [2.24, 2.45) is 0 Å². The Hall–Kier alpha value is -2.56. The molecule has 4 nitrogen and oxygen atoms in total. The van der Waals surface area contributed by atoms with Gasteiger partial charge in [-0.25, -0.2) is 4.39 Å². The van der Waals surface area contributed by atoms with Crippen LogP contribution >= 0.6 is 0 Å². The van der Waals surface area contributed by atoms with Crippen LogP contribution in [-0.2, 0) is 4.79 Å². The second-order valence-corrected chi connectivity index (χ2v) is 4.88. The van der Waals surface area contributed by atoms with Crippen molar-refractivity contribution in [2.45, 2.75) is 6.92 Å². The summed E-state index contributed by atoms with van der Waals surface area (Å²) in [5.74, 6) is 0.279. The summed E-state index contributed by atoms with van der Waals surface area (Å²) < 4.78 is 18.5. The average molecular weight is 302 g/mol. The van der Waals surface area contributed by atoms with E-state index in [9.17, 15) is 9.18 Å². The lowest BCUT2D eigenvalue weighted by atomic mass is 10.2. The largest absolute Gasteiger partial charge is 0.492 e. The van der Waals surface area contributed by atoms with Crippen LogP contribution in [0.1, 0.15) is 5.56 Å². The molecule has 2 aromatic carbocycles. The number of aryl methyl sites for hydroxylation is 1. The molecule has 5 heteroatoms. The first-order valence-electron chi connectivity index (χ1n) is 7.09. The van der Waals surface area contributed by atoms with Crippen molar-refractivity contribution in [3.63, 3.8) is 0 Å². The van der Waals surface area contributed by atoms with Gasteiger partial charge in [-0.05, 0) is 42.8 Å². The molecule has 0 radical (unpaired) electrons. The summed E-state index contributed by atoms with van der Waals surface area (Å²) in [7, 11) is 0. The van der Waals surface area contributed by atoms with Crippen LogP contribution in [0.25, 0.3) is 0 Å². The molecular weight excluding hydrogens is 283 g/mol. The predicted molar refractivity (Wildman–Crippen MR) is 84.6 cm³/mol. The van der Waals surface area contributed by atoms with E-state index >= 15 is 0 Å². The van der Waals surface area contributed by atoms with Crippen molar-refractivity contribution in [3.05, 3.63) is 59.9 Å². The highest BCUT2D eigenvalue weighted by Gasteiger charge is 2.01. The second-order valence-electron chi connectivity index (χ2n) is 4.88. The maximum absolute atomic E-state index is 13.0. The SMILES string of the molecule is Cc1cccc(OCCNC(=O)CNc2cccc(F)c2)c1. The molecule has 1 amide bonds. The summed E-state index contributed by atoms with van der Waals surface area (Å²) in [6.45, 7) is 2.90. The van der Waals surface area contributed by atoms with E-state index in [-0.39, 0.29) is 18.3 Å². The normalized spacial score (nSPS) is 10.1. The van der Waals surface area contributed by atoms with Gasteiger partial charge < -0.3 is 15.4 Å². The van der Waals surface area contributed by atoms with Crippen LogP contribution < -0.4 is 15.4 Å². The van der Waals surface area contributed by atoms with E-state index in [0.717, 1.165) is 11.3 Å². The predicted octanol–water partition coefficient (Wildman–Crippen LogP) is 2.74. The van der Waals surface area contributed by atoms with E-state index in [0.29, 0.717) is 18.8 Å². The van der Waals surface area contributed by atoms with Gasteiger partial charge in [0.25, 0.3) is 0 Å². The van der Waals surface area contributed by atoms with Crippen molar-refractivity contribution < 1.29 is 13.9 Å². The molecule has 0 fully saturated rings. The van der Waals surface area contributed by atoms with E-state index in [1.165, 1.54) is 12.1 Å². The standard InChI is InChI=1S/C17H19FN2O2/c1-13-4-2-7-16(10-13)22-9-8-19-17(21)12-20-15-6-3-5-14(18)11-15/h2-7,10-11,20H,8-9,12H2,1H3,(H,19,21). The Morgan fingerprint density at radius 1 is 1.18 bits per heavy atom. The molecule has 0 spiro atoms. The molecular formula is C17H19FN2O2. The second kappa shape index (κ2) is 8.02. The van der Waals surface area contributed by atoms with Gasteiger partial charge in [0.15, 0.2) is 0 Å². The lowest BCUT2D eigenvalue weighted by molar-refractivity contribution is -0.119. The van der Waals surface area contributed by atoms with Crippen LogP contribution in [0.15, 0.2) is 48.5 Å². The quantitative estimate of drug-likeness (QED) is 0.773. The first kappa shape index (κ1) is 15.8. The van der Waals surface area contributed by atoms with Crippen LogP contribution in [0.4, 0.5) is 10.1 Å². The number of anilines is 1. The van der Waals surface area contributed by atoms with Gasteiger partial charge >= 0.3 is 0 Å². The Labute approximate surface area is 129 Å². The lowest BCUT2D eigenvalue weighted by Crippen LogP contribution is -2.33. The minimum Gasteiger partial charge on any atom is -0.492 e. The third-order valence-corrected chi connectivity index (χ3v) is 2.96. The van der Waals surface area contributed by atoms with E-state index in [4.69, 9.17) is 4.74 Å². The highest BCUT2D eigenvalue weighted by atomic mass is 19.1. The smallest absolute Gasteiger partial charge is 0.239 e. The van der Waals surface area contributed by atoms with Crippen molar-refractivity contribution >= 4 is 11.6 Å². The van der Waals surface area contributed by atoms with Crippen LogP contribution in [0.2, 0.25) is 0 Å². The zero-order valence-corrected chi connectivity index (χ0v) is 12.4. The molecule has 2 rings (SSSR count). The Morgan fingerprint density at radius 3 is 2.77 bits per heavy atom. The van der Waals surface area contributed by atoms with E-state index in [2.05, 4.69) is 10.6 Å². The summed E-state index contributed by atoms with van der Waals surface area (Å²) in [6.07, 6.45) is 0. The molecule has 0 bridgehead atoms. The summed E-state index contributed by atoms with van der Waals surface area (Å²) in [4.78, 5) is 11.6. The number of halogens is 1. The minimum absolute atomic E-state index is 0.0912. The fourth-order valence-corrected chi connectivity index (χ4v) is 1.91. The Bertz CT molecular complexity index is 632. The number of ether oxygens (including phenoxy) is 1. The van der Waals surface area contributed by atoms with Gasteiger partial charge in [-0.1, -0.05) is 18.2 Å². The van der Waals surface area contributed by atoms with Gasteiger partial charge in [-0.2, -0.15) is 0 Å². The minimum atomic E-state index is -0.336. The van der Waals surface area contributed by atoms with Crippen LogP contribution in [0.5, 0.6) is 5.75 Å². The van der Waals surface area contributed by atoms with E-state index in [1.807, 2.05) is 31.2 Å². The zero-order valence-electron chi connectivity index (χ0n) is 12.4. The van der Waals surface area contributed by atoms with Gasteiger partial charge in [-0.15, -0.1) is 0 Å². The molecule has 2 N–H and O–H groups in total. The summed E-state index contributed by atoms with van der Waals surface area (Å²) in [5, 5.41) is 5.59. The highest BCUT2D eigenvalue weighted by molar-refractivity contribution is 5.80. The number of hydrogen-bond donors (Lipinski definition) is 2. The molecule has 0 aliphatic rings. The number of carbonyl (C=O) groups is 1. The molecule has 0 aromatic heterocycles. The van der Waals surface area contributed by atoms with Crippen LogP contribution in [-0.4, -0.2) is 25.6 Å². The van der Waals surface area contributed by atoms with Crippen molar-refractivity contribution in [3.8, 4) is 5.75 Å². The Balaban J connectivity index is 1.63. The molecule has 2 aromatic rings. The molecule has 0 unspecified atom stereocenters. The molecule has 22 heavy (non-hydrogen) atoms. The highest BCUT2D eigenvalue weighted by Crippen LogP contribution is 2.11. The zero-order chi connectivity index (χ0) is 15.8. The lowest BCUT2D eigenvalue weighted by Gasteiger charge is -2.09. The number of nitrogens with one attached hydrogen (secondary N) is 2. The molecule has 0 atom stereocenters. The fourth-order valence-electron chi connectivity index (χ4n) is 1.91. The van der Waals surface area contributed by atoms with Gasteiger partial charge in [0, 0.05) is 5.69 Å². The van der Waals surface area contributed by atoms with Crippen molar-refractivity contribution in [1.82, 2.24) is 5.32 Å². The van der Waals surface area contributed by atoms with E-state index in [1.54, 1.807) is 12.1 Å². The molecule has 0 saturated heterocycles. The van der Waals surface area contributed by atoms with Gasteiger partial charge in [0.1, 0.15) is 18.2 Å². The van der Waals surface area contributed by atoms with Gasteiger partial charge in [0.2, 0.25) is 5.91 Å². The number of hydrogen-bond acceptors (Lipinski definition) is 3. The van der Waals surface area contributed by atoms with E-state index < -0.39 is 0 Å². The number of carbonyl (C=O) groups excluding carboxylic acids is 1. The summed E-state index contributed by atoms with van der Waals surface area (Å²) in [6, 6.07) is 13.7. The average Bonchev–Trinajstić information content (AvgIpc) is 2.50. The summed E-state index contributed by atoms with van der Waals surface area (Å²) in [5.41, 5.74) is 1.70. The first-order valence-corrected chi connectivity index (χ1v) is 7.09. The van der Waals surface area contributed by atoms with Crippen LogP contribution in [0, 0.1) is 12.7 Å². The summed E-state index contributed by atoms with van der Waals surface area (Å²) >= 11 is 0. The topological polar surface area (TPSA) is 50.4 Å². The van der Waals surface area contributed by atoms with Gasteiger partial charge in [-0.3, -0.25) is 4.79 Å². The Morgan fingerprint density at radius 2 is 2.00 bits per heavy atom. The molecule has 0 aliphatic heterocycles. The fraction of sp³-hybridized carbons (Fsp3) is 0.235. The maximum atomic E-state index is 13.0. The molecule has 0 saturated carbocycles. The first-order chi connectivity index (χ1) is 10.6. The third kappa shape index (κ3) is 5.44. The Kier molecular flexibility index (Phi) is 5.77. The van der Waals surface area contributed by atoms with Crippen LogP contribution in [0.3, 0.4) is 0 Å². The monoisotopic (exact) mass is 302 g/mol. The van der Waals surface area contributed by atoms with Crippen molar-refractivity contribution in [1.29, 1.82) is 0 Å². The molecule has 116 valence electrons. The number of rotatable bonds is 7. The maximum Gasteiger partial charge on any atom is 0.239 e. The number of benzene rings is 2. The van der Waals surface area contributed by atoms with Gasteiger partial charge in [0.05, 0.1) is 13.1 Å². The number of amides is 1. The molecule has 0 heterocycles.